The second-order valence-electron chi connectivity index (χ2n) is 6.01. The van der Waals surface area contributed by atoms with E-state index in [4.69, 9.17) is 22.1 Å². The fourth-order valence-corrected chi connectivity index (χ4v) is 3.41. The summed E-state index contributed by atoms with van der Waals surface area (Å²) < 4.78 is 5.92. The smallest absolute Gasteiger partial charge is 0.0755 e. The fourth-order valence-electron chi connectivity index (χ4n) is 3.24. The summed E-state index contributed by atoms with van der Waals surface area (Å²) in [5.74, 6) is 0. The molecular weight excluding hydrogens is 272 g/mol. The fraction of sp³-hybridized carbons (Fsp3) is 0.625. The van der Waals surface area contributed by atoms with Gasteiger partial charge in [-0.25, -0.2) is 0 Å². The van der Waals surface area contributed by atoms with Crippen LogP contribution in [0, 0.1) is 0 Å². The van der Waals surface area contributed by atoms with Crippen LogP contribution in [0.3, 0.4) is 0 Å². The monoisotopic (exact) mass is 294 g/mol. The second kappa shape index (κ2) is 5.92. The highest BCUT2D eigenvalue weighted by Gasteiger charge is 2.34. The van der Waals surface area contributed by atoms with Gasteiger partial charge in [0.25, 0.3) is 0 Å². The maximum absolute atomic E-state index is 6.21. The second-order valence-corrected chi connectivity index (χ2v) is 6.44. The number of morpholine rings is 1. The number of hydrogen-bond acceptors (Lipinski definition) is 3. The molecule has 0 spiro atoms. The van der Waals surface area contributed by atoms with E-state index in [0.29, 0.717) is 12.2 Å². The molecule has 2 saturated heterocycles. The average molecular weight is 295 g/mol. The molecule has 1 aromatic carbocycles. The van der Waals surface area contributed by atoms with Crippen LogP contribution in [0.25, 0.3) is 0 Å². The van der Waals surface area contributed by atoms with Gasteiger partial charge in [0.2, 0.25) is 0 Å². The Balaban J connectivity index is 1.85. The largest absolute Gasteiger partial charge is 0.371 e. The van der Waals surface area contributed by atoms with Crippen molar-refractivity contribution in [1.29, 1.82) is 0 Å². The zero-order valence-electron chi connectivity index (χ0n) is 12.0. The van der Waals surface area contributed by atoms with Crippen LogP contribution >= 0.6 is 11.6 Å². The molecule has 1 aromatic rings. The zero-order valence-corrected chi connectivity index (χ0v) is 12.8. The van der Waals surface area contributed by atoms with E-state index < -0.39 is 0 Å². The van der Waals surface area contributed by atoms with Crippen molar-refractivity contribution in [2.45, 2.75) is 50.9 Å². The van der Waals surface area contributed by atoms with Gasteiger partial charge in [0.1, 0.15) is 0 Å². The molecule has 2 aliphatic heterocycles. The summed E-state index contributed by atoms with van der Waals surface area (Å²) in [5.41, 5.74) is 8.69. The Morgan fingerprint density at radius 1 is 1.35 bits per heavy atom. The molecule has 20 heavy (non-hydrogen) atoms. The van der Waals surface area contributed by atoms with E-state index in [9.17, 15) is 0 Å². The highest BCUT2D eigenvalue weighted by molar-refractivity contribution is 6.30. The molecule has 3 rings (SSSR count). The topological polar surface area (TPSA) is 38.5 Å². The maximum atomic E-state index is 6.21. The number of fused-ring (bicyclic) bond motifs is 2. The van der Waals surface area contributed by atoms with Crippen molar-refractivity contribution < 1.29 is 4.74 Å². The number of ether oxygens (including phenoxy) is 1. The van der Waals surface area contributed by atoms with Crippen LogP contribution in [0.2, 0.25) is 5.02 Å². The van der Waals surface area contributed by atoms with Gasteiger partial charge >= 0.3 is 0 Å². The third-order valence-electron chi connectivity index (χ3n) is 4.44. The summed E-state index contributed by atoms with van der Waals surface area (Å²) in [5, 5.41) is 0.799. The number of rotatable bonds is 4. The lowest BCUT2D eigenvalue weighted by molar-refractivity contribution is 0.0304. The van der Waals surface area contributed by atoms with Crippen LogP contribution in [0.4, 0.5) is 5.69 Å². The zero-order chi connectivity index (χ0) is 14.1. The van der Waals surface area contributed by atoms with Crippen molar-refractivity contribution in [3.05, 3.63) is 28.8 Å². The lowest BCUT2D eigenvalue weighted by Crippen LogP contribution is -2.43. The average Bonchev–Trinajstić information content (AvgIpc) is 2.79. The Hall–Kier alpha value is -0.770. The quantitative estimate of drug-likeness (QED) is 0.928. The first kappa shape index (κ1) is 14.2. The summed E-state index contributed by atoms with van der Waals surface area (Å²) in [4.78, 5) is 2.44. The summed E-state index contributed by atoms with van der Waals surface area (Å²) in [7, 11) is 0. The third-order valence-corrected chi connectivity index (χ3v) is 4.67. The third kappa shape index (κ3) is 2.95. The molecule has 110 valence electrons. The lowest BCUT2D eigenvalue weighted by Gasteiger charge is -2.35. The number of halogens is 1. The van der Waals surface area contributed by atoms with Crippen molar-refractivity contribution in [1.82, 2.24) is 0 Å². The number of nitrogens with zero attached hydrogens (tertiary/aromatic N) is 1. The van der Waals surface area contributed by atoms with Crippen LogP contribution in [0.1, 0.15) is 31.7 Å². The van der Waals surface area contributed by atoms with Crippen LogP contribution < -0.4 is 10.6 Å². The summed E-state index contributed by atoms with van der Waals surface area (Å²) in [6.07, 6.45) is 5.06. The van der Waals surface area contributed by atoms with Gasteiger partial charge in [-0.15, -0.1) is 0 Å². The van der Waals surface area contributed by atoms with Gasteiger partial charge < -0.3 is 15.4 Å². The van der Waals surface area contributed by atoms with Crippen molar-refractivity contribution >= 4 is 17.3 Å². The first-order valence-electron chi connectivity index (χ1n) is 7.60. The Morgan fingerprint density at radius 2 is 2.05 bits per heavy atom. The van der Waals surface area contributed by atoms with Crippen LogP contribution in [-0.4, -0.2) is 31.3 Å². The molecule has 0 aromatic heterocycles. The van der Waals surface area contributed by atoms with E-state index >= 15 is 0 Å². The van der Waals surface area contributed by atoms with Crippen molar-refractivity contribution in [2.24, 2.45) is 5.73 Å². The van der Waals surface area contributed by atoms with E-state index in [1.54, 1.807) is 0 Å². The van der Waals surface area contributed by atoms with Gasteiger partial charge in [0, 0.05) is 29.8 Å². The Morgan fingerprint density at radius 3 is 2.70 bits per heavy atom. The van der Waals surface area contributed by atoms with Gasteiger partial charge in [-0.2, -0.15) is 0 Å². The number of anilines is 1. The highest BCUT2D eigenvalue weighted by atomic mass is 35.5. The van der Waals surface area contributed by atoms with Gasteiger partial charge in [0.15, 0.2) is 0 Å². The first-order chi connectivity index (χ1) is 9.65. The summed E-state index contributed by atoms with van der Waals surface area (Å²) in [6, 6.07) is 6.40. The predicted octanol–water partition coefficient (Wildman–Crippen LogP) is 2.99. The van der Waals surface area contributed by atoms with Crippen molar-refractivity contribution in [3.8, 4) is 0 Å². The Bertz CT molecular complexity index is 468. The van der Waals surface area contributed by atoms with Gasteiger partial charge in [0.05, 0.1) is 12.2 Å². The van der Waals surface area contributed by atoms with Crippen molar-refractivity contribution in [2.75, 3.05) is 18.0 Å². The Labute approximate surface area is 126 Å². The lowest BCUT2D eigenvalue weighted by atomic mass is 10.0. The number of benzene rings is 1. The van der Waals surface area contributed by atoms with Crippen molar-refractivity contribution in [3.63, 3.8) is 0 Å². The van der Waals surface area contributed by atoms with Gasteiger partial charge in [-0.05, 0) is 43.4 Å². The van der Waals surface area contributed by atoms with Gasteiger partial charge in [-0.3, -0.25) is 0 Å². The Kier molecular flexibility index (Phi) is 4.20. The molecule has 2 heterocycles. The molecule has 2 N–H and O–H groups in total. The van der Waals surface area contributed by atoms with E-state index in [2.05, 4.69) is 24.0 Å². The molecule has 2 aliphatic rings. The minimum atomic E-state index is 0.215. The van der Waals surface area contributed by atoms with E-state index in [-0.39, 0.29) is 6.04 Å². The van der Waals surface area contributed by atoms with E-state index in [1.165, 1.54) is 24.1 Å². The highest BCUT2D eigenvalue weighted by Crippen LogP contribution is 2.33. The minimum absolute atomic E-state index is 0.215. The first-order valence-corrected chi connectivity index (χ1v) is 7.98. The minimum Gasteiger partial charge on any atom is -0.371 e. The molecule has 4 heteroatoms. The summed E-state index contributed by atoms with van der Waals surface area (Å²) >= 11 is 6.21. The van der Waals surface area contributed by atoms with Crippen LogP contribution in [0.15, 0.2) is 18.2 Å². The molecule has 0 radical (unpaired) electrons. The summed E-state index contributed by atoms with van der Waals surface area (Å²) in [6.45, 7) is 4.09. The molecule has 0 aliphatic carbocycles. The molecule has 0 saturated carbocycles. The molecule has 3 unspecified atom stereocenters. The molecule has 3 nitrogen and oxygen atoms in total. The van der Waals surface area contributed by atoms with Crippen LogP contribution in [-0.2, 0) is 11.2 Å². The normalized spacial score (nSPS) is 26.9. The van der Waals surface area contributed by atoms with E-state index in [0.717, 1.165) is 31.0 Å². The number of hydrogen-bond donors (Lipinski definition) is 1. The molecular formula is C16H23ClN2O. The number of nitrogens with two attached hydrogens (primary N) is 1. The molecule has 2 fully saturated rings. The van der Waals surface area contributed by atoms with Crippen LogP contribution in [0.5, 0.6) is 0 Å². The molecule has 2 bridgehead atoms. The molecule has 0 amide bonds. The SMILES string of the molecule is CCC(N)Cc1ccc(Cl)cc1N1CC2CCC(C1)O2. The predicted molar refractivity (Wildman–Crippen MR) is 83.5 cm³/mol. The molecule has 3 atom stereocenters. The standard InChI is InChI=1S/C16H23ClN2O/c1-2-13(18)7-11-3-4-12(17)8-16(11)19-9-14-5-6-15(10-19)20-14/h3-4,8,13-15H,2,5-7,9-10,18H2,1H3. The van der Waals surface area contributed by atoms with Gasteiger partial charge in [-0.1, -0.05) is 24.6 Å². The van der Waals surface area contributed by atoms with E-state index in [1.807, 2.05) is 6.07 Å². The maximum Gasteiger partial charge on any atom is 0.0755 e.